The third-order valence-corrected chi connectivity index (χ3v) is 10.4. The van der Waals surface area contributed by atoms with Crippen LogP contribution in [0.1, 0.15) is 22.5 Å². The highest BCUT2D eigenvalue weighted by atomic mass is 32.2. The standard InChI is InChI=1S/C36H35FN6O2S/c1-24-10-12-32(13-11-24)46(44,45)43-23-34(35-25(2)40-42(26(35)3)22-27-6-4-8-30(37)18-27)33-20-29(21-39-36(33)43)28-7-5-9-31(19-28)41-16-14-38-15-17-41/h4-13,18-21,23,38H,14-17,22H2,1-3H3. The molecule has 0 saturated carbocycles. The van der Waals surface area contributed by atoms with Gasteiger partial charge in [0.15, 0.2) is 5.65 Å². The average Bonchev–Trinajstić information content (AvgIpc) is 3.57. The average molecular weight is 635 g/mol. The molecule has 1 N–H and O–H groups in total. The van der Waals surface area contributed by atoms with Crippen molar-refractivity contribution >= 4 is 26.7 Å². The summed E-state index contributed by atoms with van der Waals surface area (Å²) in [4.78, 5) is 7.34. The normalized spacial score (nSPS) is 13.9. The summed E-state index contributed by atoms with van der Waals surface area (Å²) < 4.78 is 45.3. The van der Waals surface area contributed by atoms with Crippen LogP contribution in [0.4, 0.5) is 10.1 Å². The van der Waals surface area contributed by atoms with E-state index in [4.69, 9.17) is 10.1 Å². The number of rotatable bonds is 7. The fourth-order valence-electron chi connectivity index (χ4n) is 6.30. The number of benzene rings is 3. The third-order valence-electron chi connectivity index (χ3n) is 8.72. The van der Waals surface area contributed by atoms with E-state index >= 15 is 0 Å². The van der Waals surface area contributed by atoms with Gasteiger partial charge in [-0.3, -0.25) is 4.68 Å². The van der Waals surface area contributed by atoms with Gasteiger partial charge in [-0.05, 0) is 74.4 Å². The van der Waals surface area contributed by atoms with Gasteiger partial charge in [0.1, 0.15) is 5.82 Å². The molecule has 3 aromatic heterocycles. The van der Waals surface area contributed by atoms with Gasteiger partial charge in [-0.15, -0.1) is 0 Å². The number of pyridine rings is 1. The summed E-state index contributed by atoms with van der Waals surface area (Å²) in [6.07, 6.45) is 3.41. The van der Waals surface area contributed by atoms with Crippen molar-refractivity contribution in [1.29, 1.82) is 0 Å². The van der Waals surface area contributed by atoms with Crippen molar-refractivity contribution in [3.63, 3.8) is 0 Å². The van der Waals surface area contributed by atoms with E-state index in [1.165, 1.54) is 16.1 Å². The monoisotopic (exact) mass is 634 g/mol. The van der Waals surface area contributed by atoms with Crippen LogP contribution in [0.3, 0.4) is 0 Å². The molecule has 1 fully saturated rings. The molecule has 1 aliphatic rings. The maximum absolute atomic E-state index is 14.1. The molecule has 4 heterocycles. The Morgan fingerprint density at radius 2 is 1.65 bits per heavy atom. The second-order valence-electron chi connectivity index (χ2n) is 11.9. The lowest BCUT2D eigenvalue weighted by Gasteiger charge is -2.29. The number of hydrogen-bond acceptors (Lipinski definition) is 6. The minimum Gasteiger partial charge on any atom is -0.369 e. The van der Waals surface area contributed by atoms with Gasteiger partial charge in [0.05, 0.1) is 17.1 Å². The molecule has 0 radical (unpaired) electrons. The predicted molar refractivity (Wildman–Crippen MR) is 180 cm³/mol. The highest BCUT2D eigenvalue weighted by molar-refractivity contribution is 7.90. The molecule has 7 rings (SSSR count). The van der Waals surface area contributed by atoms with E-state index < -0.39 is 10.0 Å². The van der Waals surface area contributed by atoms with Crippen LogP contribution in [-0.2, 0) is 16.6 Å². The van der Waals surface area contributed by atoms with E-state index in [0.29, 0.717) is 17.6 Å². The second kappa shape index (κ2) is 11.9. The molecule has 1 saturated heterocycles. The maximum atomic E-state index is 14.1. The molecule has 0 spiro atoms. The molecular weight excluding hydrogens is 600 g/mol. The molecule has 6 aromatic rings. The first-order valence-electron chi connectivity index (χ1n) is 15.4. The van der Waals surface area contributed by atoms with E-state index in [2.05, 4.69) is 34.5 Å². The summed E-state index contributed by atoms with van der Waals surface area (Å²) >= 11 is 0. The van der Waals surface area contributed by atoms with Crippen LogP contribution in [0.25, 0.3) is 33.3 Å². The third kappa shape index (κ3) is 5.48. The van der Waals surface area contributed by atoms with E-state index in [9.17, 15) is 12.8 Å². The maximum Gasteiger partial charge on any atom is 0.269 e. The first-order chi connectivity index (χ1) is 22.2. The molecule has 234 valence electrons. The van der Waals surface area contributed by atoms with Gasteiger partial charge in [0, 0.05) is 72.0 Å². The van der Waals surface area contributed by atoms with Gasteiger partial charge in [0.25, 0.3) is 10.0 Å². The van der Waals surface area contributed by atoms with Gasteiger partial charge < -0.3 is 10.2 Å². The Labute approximate surface area is 268 Å². The number of nitrogens with zero attached hydrogens (tertiary/aromatic N) is 5. The van der Waals surface area contributed by atoms with E-state index in [1.54, 1.807) is 42.7 Å². The Kier molecular flexibility index (Phi) is 7.70. The summed E-state index contributed by atoms with van der Waals surface area (Å²) in [5.41, 5.74) is 8.27. The van der Waals surface area contributed by atoms with E-state index in [-0.39, 0.29) is 10.7 Å². The molecule has 0 atom stereocenters. The SMILES string of the molecule is Cc1ccc(S(=O)(=O)n2cc(-c3c(C)nn(Cc4cccc(F)c4)c3C)c3cc(-c4cccc(N5CCNCC5)c4)cnc32)cc1. The fourth-order valence-corrected chi connectivity index (χ4v) is 7.62. The van der Waals surface area contributed by atoms with Crippen molar-refractivity contribution in [3.8, 4) is 22.3 Å². The van der Waals surface area contributed by atoms with Gasteiger partial charge in [-0.2, -0.15) is 5.10 Å². The molecule has 10 heteroatoms. The van der Waals surface area contributed by atoms with Gasteiger partial charge in [-0.1, -0.05) is 42.0 Å². The van der Waals surface area contributed by atoms with Crippen LogP contribution in [0, 0.1) is 26.6 Å². The van der Waals surface area contributed by atoms with Crippen LogP contribution >= 0.6 is 0 Å². The Morgan fingerprint density at radius 3 is 2.41 bits per heavy atom. The Hall–Kier alpha value is -4.80. The lowest BCUT2D eigenvalue weighted by atomic mass is 10.0. The number of anilines is 1. The van der Waals surface area contributed by atoms with Crippen molar-refractivity contribution < 1.29 is 12.8 Å². The van der Waals surface area contributed by atoms with Crippen LogP contribution < -0.4 is 10.2 Å². The van der Waals surface area contributed by atoms with E-state index in [0.717, 1.165) is 76.6 Å². The highest BCUT2D eigenvalue weighted by Gasteiger charge is 2.26. The topological polar surface area (TPSA) is 85.0 Å². The second-order valence-corrected chi connectivity index (χ2v) is 13.7. The van der Waals surface area contributed by atoms with Crippen molar-refractivity contribution in [1.82, 2.24) is 24.1 Å². The summed E-state index contributed by atoms with van der Waals surface area (Å²) in [7, 11) is -3.97. The Balaban J connectivity index is 1.39. The zero-order valence-corrected chi connectivity index (χ0v) is 26.9. The zero-order valence-electron chi connectivity index (χ0n) is 26.0. The molecule has 46 heavy (non-hydrogen) atoms. The summed E-state index contributed by atoms with van der Waals surface area (Å²) in [5.74, 6) is -0.303. The summed E-state index contributed by atoms with van der Waals surface area (Å²) in [6.45, 7) is 9.92. The number of aromatic nitrogens is 4. The first-order valence-corrected chi connectivity index (χ1v) is 16.8. The number of halogens is 1. The molecule has 1 aliphatic heterocycles. The van der Waals surface area contributed by atoms with Crippen LogP contribution in [-0.4, -0.2) is 53.3 Å². The molecule has 8 nitrogen and oxygen atoms in total. The van der Waals surface area contributed by atoms with Crippen LogP contribution in [0.5, 0.6) is 0 Å². The summed E-state index contributed by atoms with van der Waals surface area (Å²) in [6, 6.07) is 23.7. The number of piperazine rings is 1. The molecule has 3 aromatic carbocycles. The largest absolute Gasteiger partial charge is 0.369 e. The lowest BCUT2D eigenvalue weighted by molar-refractivity contribution is 0.588. The van der Waals surface area contributed by atoms with Crippen LogP contribution in [0.15, 0.2) is 96.2 Å². The zero-order chi connectivity index (χ0) is 32.0. The quantitative estimate of drug-likeness (QED) is 0.221. The van der Waals surface area contributed by atoms with E-state index in [1.807, 2.05) is 37.6 Å². The number of nitrogens with one attached hydrogen (secondary N) is 1. The van der Waals surface area contributed by atoms with Crippen molar-refractivity contribution in [3.05, 3.63) is 120 Å². The Bertz CT molecular complexity index is 2180. The van der Waals surface area contributed by atoms with Crippen molar-refractivity contribution in [2.24, 2.45) is 0 Å². The number of hydrogen-bond donors (Lipinski definition) is 1. The smallest absolute Gasteiger partial charge is 0.269 e. The summed E-state index contributed by atoms with van der Waals surface area (Å²) in [5, 5.41) is 8.91. The van der Waals surface area contributed by atoms with Crippen molar-refractivity contribution in [2.45, 2.75) is 32.2 Å². The highest BCUT2D eigenvalue weighted by Crippen LogP contribution is 2.38. The molecule has 0 amide bonds. The first kappa shape index (κ1) is 29.9. The predicted octanol–water partition coefficient (Wildman–Crippen LogP) is 6.33. The van der Waals surface area contributed by atoms with Gasteiger partial charge in [-0.25, -0.2) is 21.8 Å². The van der Waals surface area contributed by atoms with Gasteiger partial charge >= 0.3 is 0 Å². The minimum atomic E-state index is -3.97. The molecule has 0 unspecified atom stereocenters. The Morgan fingerprint density at radius 1 is 0.891 bits per heavy atom. The lowest BCUT2D eigenvalue weighted by Crippen LogP contribution is -2.43. The van der Waals surface area contributed by atoms with Gasteiger partial charge in [0.2, 0.25) is 0 Å². The van der Waals surface area contributed by atoms with Crippen molar-refractivity contribution in [2.75, 3.05) is 31.1 Å². The fraction of sp³-hybridized carbons (Fsp3) is 0.222. The van der Waals surface area contributed by atoms with Crippen LogP contribution in [0.2, 0.25) is 0 Å². The molecule has 0 bridgehead atoms. The minimum absolute atomic E-state index is 0.186. The molecule has 0 aliphatic carbocycles. The molecular formula is C36H35FN6O2S. The number of aryl methyl sites for hydroxylation is 2. The number of fused-ring (bicyclic) bond motifs is 1.